The molecule has 0 fully saturated rings. The summed E-state index contributed by atoms with van der Waals surface area (Å²) in [6.45, 7) is 0.177. The molecule has 0 aliphatic heterocycles. The first-order valence-electron chi connectivity index (χ1n) is 7.18. The number of carbonyl (C=O) groups excluding carboxylic acids is 1. The summed E-state index contributed by atoms with van der Waals surface area (Å²) in [4.78, 5) is 28.4. The van der Waals surface area contributed by atoms with Gasteiger partial charge in [0.15, 0.2) is 12.2 Å². The summed E-state index contributed by atoms with van der Waals surface area (Å²) in [6.07, 6.45) is 11.2. The van der Waals surface area contributed by atoms with Crippen LogP contribution in [0.25, 0.3) is 22.2 Å². The van der Waals surface area contributed by atoms with Gasteiger partial charge in [-0.15, -0.1) is 0 Å². The van der Waals surface area contributed by atoms with Crippen LogP contribution >= 0.6 is 0 Å². The van der Waals surface area contributed by atoms with Crippen LogP contribution in [0.15, 0.2) is 60.3 Å². The molecule has 0 saturated carbocycles. The Hall–Kier alpha value is -3.55. The first-order valence-corrected chi connectivity index (χ1v) is 7.18. The Morgan fingerprint density at radius 2 is 2.12 bits per heavy atom. The molecule has 0 bridgehead atoms. The molecule has 1 N–H and O–H groups in total. The SMILES string of the molecule is O=C(Cn1ccnc1)Nc1cc2cc(-c3cnco3)cnc2cn1. The molecule has 0 unspecified atom stereocenters. The highest BCUT2D eigenvalue weighted by atomic mass is 16.3. The van der Waals surface area contributed by atoms with E-state index < -0.39 is 0 Å². The lowest BCUT2D eigenvalue weighted by molar-refractivity contribution is -0.116. The van der Waals surface area contributed by atoms with Gasteiger partial charge >= 0.3 is 0 Å². The summed E-state index contributed by atoms with van der Waals surface area (Å²) in [7, 11) is 0. The summed E-state index contributed by atoms with van der Waals surface area (Å²) in [6, 6.07) is 3.68. The first-order chi connectivity index (χ1) is 11.8. The minimum atomic E-state index is -0.181. The number of hydrogen-bond donors (Lipinski definition) is 1. The average molecular weight is 320 g/mol. The molecular weight excluding hydrogens is 308 g/mol. The van der Waals surface area contributed by atoms with Crippen molar-refractivity contribution >= 4 is 22.6 Å². The minimum absolute atomic E-state index is 0.177. The zero-order valence-corrected chi connectivity index (χ0v) is 12.5. The summed E-state index contributed by atoms with van der Waals surface area (Å²) in [5, 5.41) is 3.61. The van der Waals surface area contributed by atoms with E-state index in [1.165, 1.54) is 6.39 Å². The molecule has 0 aliphatic carbocycles. The van der Waals surface area contributed by atoms with Crippen molar-refractivity contribution in [2.24, 2.45) is 0 Å². The van der Waals surface area contributed by atoms with Crippen molar-refractivity contribution in [3.05, 3.63) is 55.8 Å². The number of aromatic nitrogens is 5. The van der Waals surface area contributed by atoms with Crippen LogP contribution in [0.5, 0.6) is 0 Å². The maximum Gasteiger partial charge on any atom is 0.245 e. The number of amides is 1. The predicted octanol–water partition coefficient (Wildman–Crippen LogP) is 2.12. The number of hydrogen-bond acceptors (Lipinski definition) is 6. The fourth-order valence-corrected chi connectivity index (χ4v) is 2.32. The molecule has 118 valence electrons. The van der Waals surface area contributed by atoms with E-state index in [4.69, 9.17) is 4.42 Å². The largest absolute Gasteiger partial charge is 0.443 e. The van der Waals surface area contributed by atoms with E-state index in [0.717, 1.165) is 16.5 Å². The molecule has 4 rings (SSSR count). The second-order valence-electron chi connectivity index (χ2n) is 5.14. The Labute approximate surface area is 136 Å². The van der Waals surface area contributed by atoms with Crippen molar-refractivity contribution < 1.29 is 9.21 Å². The van der Waals surface area contributed by atoms with Gasteiger partial charge in [-0.05, 0) is 12.1 Å². The number of imidazole rings is 1. The zero-order valence-electron chi connectivity index (χ0n) is 12.5. The molecule has 4 heterocycles. The highest BCUT2D eigenvalue weighted by Crippen LogP contribution is 2.23. The van der Waals surface area contributed by atoms with Crippen molar-refractivity contribution in [2.75, 3.05) is 5.32 Å². The molecular formula is C16H12N6O2. The molecule has 0 aliphatic rings. The Morgan fingerprint density at radius 3 is 2.92 bits per heavy atom. The lowest BCUT2D eigenvalue weighted by Crippen LogP contribution is -2.18. The lowest BCUT2D eigenvalue weighted by Gasteiger charge is -2.06. The molecule has 4 aromatic rings. The first kappa shape index (κ1) is 14.1. The van der Waals surface area contributed by atoms with Gasteiger partial charge in [-0.25, -0.2) is 15.0 Å². The minimum Gasteiger partial charge on any atom is -0.443 e. The number of nitrogens with one attached hydrogen (secondary N) is 1. The number of anilines is 1. The van der Waals surface area contributed by atoms with Gasteiger partial charge in [0.1, 0.15) is 12.4 Å². The molecule has 24 heavy (non-hydrogen) atoms. The highest BCUT2D eigenvalue weighted by Gasteiger charge is 2.08. The normalized spacial score (nSPS) is 10.8. The lowest BCUT2D eigenvalue weighted by atomic mass is 10.1. The maximum absolute atomic E-state index is 12.0. The highest BCUT2D eigenvalue weighted by molar-refractivity contribution is 5.92. The number of nitrogens with zero attached hydrogens (tertiary/aromatic N) is 5. The fraction of sp³-hybridized carbons (Fsp3) is 0.0625. The second-order valence-corrected chi connectivity index (χ2v) is 5.14. The number of rotatable bonds is 4. The molecule has 8 heteroatoms. The average Bonchev–Trinajstić information content (AvgIpc) is 3.27. The smallest absolute Gasteiger partial charge is 0.245 e. The number of carbonyl (C=O) groups is 1. The van der Waals surface area contributed by atoms with Crippen LogP contribution in [0.1, 0.15) is 0 Å². The Kier molecular flexibility index (Phi) is 3.47. The van der Waals surface area contributed by atoms with E-state index in [0.29, 0.717) is 11.6 Å². The van der Waals surface area contributed by atoms with E-state index >= 15 is 0 Å². The van der Waals surface area contributed by atoms with Gasteiger partial charge in [-0.3, -0.25) is 9.78 Å². The van der Waals surface area contributed by atoms with Gasteiger partial charge in [0.25, 0.3) is 0 Å². The van der Waals surface area contributed by atoms with E-state index in [2.05, 4.69) is 25.3 Å². The maximum atomic E-state index is 12.0. The Bertz CT molecular complexity index is 979. The molecule has 0 aromatic carbocycles. The van der Waals surface area contributed by atoms with Gasteiger partial charge in [0, 0.05) is 29.5 Å². The molecule has 0 atom stereocenters. The molecule has 0 saturated heterocycles. The molecule has 1 amide bonds. The second kappa shape index (κ2) is 5.92. The summed E-state index contributed by atoms with van der Waals surface area (Å²) >= 11 is 0. The van der Waals surface area contributed by atoms with Crippen molar-refractivity contribution in [3.63, 3.8) is 0 Å². The van der Waals surface area contributed by atoms with Crippen LogP contribution in [0.3, 0.4) is 0 Å². The summed E-state index contributed by atoms with van der Waals surface area (Å²) in [5.41, 5.74) is 1.53. The van der Waals surface area contributed by atoms with Crippen LogP contribution in [-0.2, 0) is 11.3 Å². The summed E-state index contributed by atoms with van der Waals surface area (Å²) in [5.74, 6) is 0.912. The quantitative estimate of drug-likeness (QED) is 0.618. The molecule has 0 spiro atoms. The van der Waals surface area contributed by atoms with E-state index in [9.17, 15) is 4.79 Å². The third-order valence-electron chi connectivity index (χ3n) is 3.44. The molecule has 0 radical (unpaired) electrons. The van der Waals surface area contributed by atoms with Crippen LogP contribution in [0.4, 0.5) is 5.82 Å². The predicted molar refractivity (Wildman–Crippen MR) is 85.9 cm³/mol. The van der Waals surface area contributed by atoms with Crippen LogP contribution in [0.2, 0.25) is 0 Å². The van der Waals surface area contributed by atoms with E-state index in [-0.39, 0.29) is 12.5 Å². The van der Waals surface area contributed by atoms with Gasteiger partial charge in [0.05, 0.1) is 24.2 Å². The van der Waals surface area contributed by atoms with Crippen LogP contribution < -0.4 is 5.32 Å². The Balaban J connectivity index is 1.58. The number of pyridine rings is 2. The van der Waals surface area contributed by atoms with Crippen molar-refractivity contribution in [2.45, 2.75) is 6.54 Å². The van der Waals surface area contributed by atoms with Gasteiger partial charge in [-0.2, -0.15) is 0 Å². The van der Waals surface area contributed by atoms with Gasteiger partial charge in [-0.1, -0.05) is 0 Å². The van der Waals surface area contributed by atoms with Crippen LogP contribution in [-0.4, -0.2) is 30.4 Å². The third kappa shape index (κ3) is 2.84. The van der Waals surface area contributed by atoms with E-state index in [1.807, 2.05) is 6.07 Å². The van der Waals surface area contributed by atoms with Crippen molar-refractivity contribution in [3.8, 4) is 11.3 Å². The Morgan fingerprint density at radius 1 is 1.17 bits per heavy atom. The third-order valence-corrected chi connectivity index (χ3v) is 3.44. The standard InChI is InChI=1S/C16H12N6O2/c23-16(8-22-2-1-17-9-22)21-15-4-11-3-12(14-7-18-10-24-14)5-19-13(11)6-20-15/h1-7,9-10H,8H2,(H,20,21,23). The van der Waals surface area contributed by atoms with Gasteiger partial charge < -0.3 is 14.3 Å². The van der Waals surface area contributed by atoms with Gasteiger partial charge in [0.2, 0.25) is 5.91 Å². The molecule has 8 nitrogen and oxygen atoms in total. The van der Waals surface area contributed by atoms with Crippen LogP contribution in [0, 0.1) is 0 Å². The zero-order chi connectivity index (χ0) is 16.4. The topological polar surface area (TPSA) is 98.7 Å². The fourth-order valence-electron chi connectivity index (χ4n) is 2.32. The van der Waals surface area contributed by atoms with Crippen molar-refractivity contribution in [1.29, 1.82) is 0 Å². The summed E-state index contributed by atoms with van der Waals surface area (Å²) < 4.78 is 6.96. The van der Waals surface area contributed by atoms with E-state index in [1.54, 1.807) is 47.9 Å². The monoisotopic (exact) mass is 320 g/mol. The molecule has 4 aromatic heterocycles. The number of fused-ring (bicyclic) bond motifs is 1. The number of oxazole rings is 1. The van der Waals surface area contributed by atoms with Crippen molar-refractivity contribution in [1.82, 2.24) is 24.5 Å².